The molecular weight excluding hydrogens is 373 g/mol. The van der Waals surface area contributed by atoms with Gasteiger partial charge in [-0.15, -0.1) is 0 Å². The summed E-state index contributed by atoms with van der Waals surface area (Å²) >= 11 is -2.20. The average Bonchev–Trinajstić information content (AvgIpc) is 2.46. The molecule has 0 saturated heterocycles. The SMILES string of the molecule is CCC[CH2][Sn]([CH2]CCC)([CH2]CCC)[C](C)(C)C=NCC(C)C. The maximum atomic E-state index is 4.86. The molecular formula is C20H43NSn. The van der Waals surface area contributed by atoms with Crippen LogP contribution in [-0.2, 0) is 0 Å². The number of hydrogen-bond acceptors (Lipinski definition) is 1. The molecule has 0 atom stereocenters. The van der Waals surface area contributed by atoms with Crippen molar-refractivity contribution in [3.05, 3.63) is 0 Å². The summed E-state index contributed by atoms with van der Waals surface area (Å²) in [6.45, 7) is 17.7. The molecule has 0 heterocycles. The summed E-state index contributed by atoms with van der Waals surface area (Å²) in [6.07, 6.45) is 10.8. The molecule has 0 N–H and O–H groups in total. The third-order valence-corrected chi connectivity index (χ3v) is 24.7. The summed E-state index contributed by atoms with van der Waals surface area (Å²) in [5, 5.41) is 0. The zero-order chi connectivity index (χ0) is 17.1. The molecule has 0 aliphatic heterocycles. The fraction of sp³-hybridized carbons (Fsp3) is 0.950. The van der Waals surface area contributed by atoms with E-state index in [1.54, 1.807) is 13.3 Å². The van der Waals surface area contributed by atoms with E-state index in [1.165, 1.54) is 38.5 Å². The van der Waals surface area contributed by atoms with Gasteiger partial charge < -0.3 is 0 Å². The molecule has 0 saturated carbocycles. The average molecular weight is 416 g/mol. The molecule has 1 nitrogen and oxygen atoms in total. The Kier molecular flexibility index (Phi) is 12.2. The van der Waals surface area contributed by atoms with Crippen molar-refractivity contribution < 1.29 is 0 Å². The molecule has 2 heteroatoms. The molecule has 0 aromatic rings. The molecule has 0 aliphatic carbocycles. The van der Waals surface area contributed by atoms with Crippen LogP contribution >= 0.6 is 0 Å². The Morgan fingerprint density at radius 3 is 1.59 bits per heavy atom. The molecule has 0 aromatic carbocycles. The number of hydrogen-bond donors (Lipinski definition) is 0. The minimum atomic E-state index is -2.20. The quantitative estimate of drug-likeness (QED) is 0.220. The van der Waals surface area contributed by atoms with E-state index in [0.717, 1.165) is 6.54 Å². The fourth-order valence-electron chi connectivity index (χ4n) is 3.52. The van der Waals surface area contributed by atoms with Gasteiger partial charge in [-0.1, -0.05) is 0 Å². The van der Waals surface area contributed by atoms with Crippen LogP contribution in [0.5, 0.6) is 0 Å². The Bertz CT molecular complexity index is 272. The fourth-order valence-corrected chi connectivity index (χ4v) is 21.0. The van der Waals surface area contributed by atoms with Gasteiger partial charge >= 0.3 is 146 Å². The van der Waals surface area contributed by atoms with E-state index in [1.807, 2.05) is 0 Å². The molecule has 0 radical (unpaired) electrons. The van der Waals surface area contributed by atoms with E-state index in [-0.39, 0.29) is 0 Å². The van der Waals surface area contributed by atoms with Crippen molar-refractivity contribution in [3.8, 4) is 0 Å². The van der Waals surface area contributed by atoms with Crippen molar-refractivity contribution in [1.29, 1.82) is 0 Å². The van der Waals surface area contributed by atoms with Crippen molar-refractivity contribution >= 4 is 24.6 Å². The van der Waals surface area contributed by atoms with Crippen LogP contribution in [0.25, 0.3) is 0 Å². The van der Waals surface area contributed by atoms with Crippen LogP contribution in [0.4, 0.5) is 0 Å². The van der Waals surface area contributed by atoms with E-state index in [2.05, 4.69) is 54.7 Å². The van der Waals surface area contributed by atoms with Gasteiger partial charge in [-0.3, -0.25) is 0 Å². The summed E-state index contributed by atoms with van der Waals surface area (Å²) in [4.78, 5) is 4.86. The Labute approximate surface area is 145 Å². The second-order valence-corrected chi connectivity index (χ2v) is 23.5. The van der Waals surface area contributed by atoms with Crippen LogP contribution < -0.4 is 0 Å². The minimum absolute atomic E-state index is 0.420. The van der Waals surface area contributed by atoms with Gasteiger partial charge in [0.05, 0.1) is 0 Å². The Balaban J connectivity index is 5.28. The van der Waals surface area contributed by atoms with Gasteiger partial charge in [-0.05, 0) is 0 Å². The molecule has 0 spiro atoms. The van der Waals surface area contributed by atoms with Crippen LogP contribution in [0.3, 0.4) is 0 Å². The van der Waals surface area contributed by atoms with Crippen LogP contribution in [0.1, 0.15) is 87.0 Å². The van der Waals surface area contributed by atoms with Crippen LogP contribution in [0, 0.1) is 5.92 Å². The van der Waals surface area contributed by atoms with E-state index in [0.29, 0.717) is 9.35 Å². The van der Waals surface area contributed by atoms with Gasteiger partial charge in [0.1, 0.15) is 0 Å². The molecule has 0 unspecified atom stereocenters. The molecule has 0 aromatic heterocycles. The standard InChI is InChI=1S/C8H16N.3C4H9.Sn/c1-7(2)5-9-6-8(3)4;3*1-3-4-2;/h5,8H,6H2,1-4H3;3*1,3-4H2,2H3;. The van der Waals surface area contributed by atoms with Gasteiger partial charge in [0.25, 0.3) is 0 Å². The summed E-state index contributed by atoms with van der Waals surface area (Å²) in [7, 11) is 0. The van der Waals surface area contributed by atoms with Crippen LogP contribution in [-0.4, -0.2) is 31.1 Å². The van der Waals surface area contributed by atoms with Crippen molar-refractivity contribution in [2.24, 2.45) is 10.9 Å². The Morgan fingerprint density at radius 1 is 0.864 bits per heavy atom. The predicted molar refractivity (Wildman–Crippen MR) is 107 cm³/mol. The zero-order valence-electron chi connectivity index (χ0n) is 16.7. The van der Waals surface area contributed by atoms with Crippen molar-refractivity contribution in [3.63, 3.8) is 0 Å². The van der Waals surface area contributed by atoms with Gasteiger partial charge in [0, 0.05) is 0 Å². The van der Waals surface area contributed by atoms with Crippen molar-refractivity contribution in [1.82, 2.24) is 0 Å². The first-order valence-corrected chi connectivity index (χ1v) is 17.3. The monoisotopic (exact) mass is 417 g/mol. The number of nitrogens with zero attached hydrogens (tertiary/aromatic N) is 1. The maximum absolute atomic E-state index is 4.86. The van der Waals surface area contributed by atoms with Crippen LogP contribution in [0.2, 0.25) is 16.7 Å². The molecule has 0 rings (SSSR count). The summed E-state index contributed by atoms with van der Waals surface area (Å²) < 4.78 is 5.15. The summed E-state index contributed by atoms with van der Waals surface area (Å²) in [6, 6.07) is 0. The number of aliphatic imine (C=N–C) groups is 1. The zero-order valence-corrected chi connectivity index (χ0v) is 19.5. The third-order valence-electron chi connectivity index (χ3n) is 5.28. The van der Waals surface area contributed by atoms with Crippen LogP contribution in [0.15, 0.2) is 4.99 Å². The van der Waals surface area contributed by atoms with E-state index >= 15 is 0 Å². The first-order valence-electron chi connectivity index (χ1n) is 9.86. The van der Waals surface area contributed by atoms with Crippen molar-refractivity contribution in [2.45, 2.75) is 104 Å². The number of unbranched alkanes of at least 4 members (excludes halogenated alkanes) is 3. The third kappa shape index (κ3) is 7.83. The van der Waals surface area contributed by atoms with E-state index in [9.17, 15) is 0 Å². The molecule has 22 heavy (non-hydrogen) atoms. The summed E-state index contributed by atoms with van der Waals surface area (Å²) in [5.41, 5.74) is 0. The molecule has 132 valence electrons. The predicted octanol–water partition coefficient (Wildman–Crippen LogP) is 7.34. The molecule has 0 fully saturated rings. The Morgan fingerprint density at radius 2 is 1.27 bits per heavy atom. The van der Waals surface area contributed by atoms with Gasteiger partial charge in [0.15, 0.2) is 0 Å². The molecule has 0 amide bonds. The van der Waals surface area contributed by atoms with E-state index < -0.39 is 18.4 Å². The van der Waals surface area contributed by atoms with Gasteiger partial charge in [0.2, 0.25) is 0 Å². The molecule has 0 bridgehead atoms. The Hall–Kier alpha value is 0.469. The van der Waals surface area contributed by atoms with E-state index in [4.69, 9.17) is 4.99 Å². The summed E-state index contributed by atoms with van der Waals surface area (Å²) in [5.74, 6) is 0.679. The first-order chi connectivity index (χ1) is 10.3. The normalized spacial score (nSPS) is 13.5. The topological polar surface area (TPSA) is 12.4 Å². The second-order valence-electron chi connectivity index (χ2n) is 8.20. The van der Waals surface area contributed by atoms with Gasteiger partial charge in [-0.25, -0.2) is 0 Å². The van der Waals surface area contributed by atoms with Gasteiger partial charge in [-0.2, -0.15) is 0 Å². The number of rotatable bonds is 13. The molecule has 0 aliphatic rings. The first kappa shape index (κ1) is 22.5. The second kappa shape index (κ2) is 11.9. The van der Waals surface area contributed by atoms with Crippen molar-refractivity contribution in [2.75, 3.05) is 6.54 Å².